The number of benzene rings is 1. The molecule has 22 heavy (non-hydrogen) atoms. The highest BCUT2D eigenvalue weighted by Crippen LogP contribution is 2.25. The van der Waals surface area contributed by atoms with E-state index in [4.69, 9.17) is 28.0 Å². The Labute approximate surface area is 139 Å². The van der Waals surface area contributed by atoms with Gasteiger partial charge in [-0.3, -0.25) is 15.1 Å². The molecule has 1 aromatic rings. The van der Waals surface area contributed by atoms with Crippen LogP contribution in [0.25, 0.3) is 5.70 Å². The van der Waals surface area contributed by atoms with Crippen molar-refractivity contribution in [2.75, 3.05) is 20.2 Å². The first kappa shape index (κ1) is 17.1. The molecule has 1 amide bonds. The Morgan fingerprint density at radius 2 is 2.27 bits per heavy atom. The third-order valence-corrected chi connectivity index (χ3v) is 4.18. The van der Waals surface area contributed by atoms with Crippen LogP contribution in [0, 0.1) is 0 Å². The number of nitrogens with zero attached hydrogens (tertiary/aromatic N) is 1. The molecule has 1 saturated heterocycles. The lowest BCUT2D eigenvalue weighted by molar-refractivity contribution is -0.129. The summed E-state index contributed by atoms with van der Waals surface area (Å²) in [7, 11) is 1.49. The molecule has 1 atom stereocenters. The number of hydroxylamine groups is 1. The first-order valence-electron chi connectivity index (χ1n) is 6.91. The maximum Gasteiger partial charge on any atom is 0.226 e. The minimum absolute atomic E-state index is 0.0352. The smallest absolute Gasteiger partial charge is 0.226 e. The van der Waals surface area contributed by atoms with Crippen molar-refractivity contribution in [1.82, 2.24) is 10.4 Å². The number of nitrogens with one attached hydrogen (secondary N) is 1. The van der Waals surface area contributed by atoms with Crippen LogP contribution < -0.4 is 5.48 Å². The van der Waals surface area contributed by atoms with Crippen molar-refractivity contribution >= 4 is 34.8 Å². The molecule has 1 aliphatic heterocycles. The van der Waals surface area contributed by atoms with Crippen LogP contribution in [0.15, 0.2) is 24.3 Å². The molecule has 0 radical (unpaired) electrons. The number of aliphatic hydroxyl groups is 1. The predicted molar refractivity (Wildman–Crippen MR) is 86.4 cm³/mol. The van der Waals surface area contributed by atoms with Gasteiger partial charge < -0.3 is 10.0 Å². The highest BCUT2D eigenvalue weighted by Gasteiger charge is 2.23. The summed E-state index contributed by atoms with van der Waals surface area (Å²) in [5.74, 6) is -0.0352. The number of carbonyl (C=O) groups is 1. The fourth-order valence-corrected chi connectivity index (χ4v) is 2.58. The Morgan fingerprint density at radius 3 is 2.86 bits per heavy atom. The second kappa shape index (κ2) is 7.83. The average molecular weight is 345 g/mol. The SMILES string of the molecule is CON/C(=C\CC(=O)N1CCC(O)C1)c1ccc(Cl)c(Cl)c1. The van der Waals surface area contributed by atoms with E-state index in [-0.39, 0.29) is 12.3 Å². The van der Waals surface area contributed by atoms with Gasteiger partial charge in [-0.2, -0.15) is 0 Å². The van der Waals surface area contributed by atoms with Crippen molar-refractivity contribution in [3.8, 4) is 0 Å². The van der Waals surface area contributed by atoms with Gasteiger partial charge in [0.15, 0.2) is 0 Å². The maximum absolute atomic E-state index is 12.1. The van der Waals surface area contributed by atoms with Gasteiger partial charge in [-0.15, -0.1) is 0 Å². The minimum atomic E-state index is -0.417. The van der Waals surface area contributed by atoms with Crippen molar-refractivity contribution in [3.63, 3.8) is 0 Å². The Hall–Kier alpha value is -1.27. The van der Waals surface area contributed by atoms with Gasteiger partial charge in [-0.05, 0) is 24.6 Å². The molecule has 120 valence electrons. The topological polar surface area (TPSA) is 61.8 Å². The summed E-state index contributed by atoms with van der Waals surface area (Å²) in [6.45, 7) is 0.986. The van der Waals surface area contributed by atoms with Crippen LogP contribution >= 0.6 is 23.2 Å². The first-order chi connectivity index (χ1) is 10.5. The highest BCUT2D eigenvalue weighted by molar-refractivity contribution is 6.42. The van der Waals surface area contributed by atoms with Gasteiger partial charge in [-0.1, -0.05) is 29.3 Å². The Balaban J connectivity index is 2.09. The lowest BCUT2D eigenvalue weighted by atomic mass is 10.1. The molecule has 2 rings (SSSR count). The van der Waals surface area contributed by atoms with Crippen molar-refractivity contribution in [2.24, 2.45) is 0 Å². The average Bonchev–Trinajstić information content (AvgIpc) is 2.93. The lowest BCUT2D eigenvalue weighted by Gasteiger charge is -2.15. The summed E-state index contributed by atoms with van der Waals surface area (Å²) in [5, 5.41) is 10.4. The summed E-state index contributed by atoms with van der Waals surface area (Å²) in [5.41, 5.74) is 4.14. The van der Waals surface area contributed by atoms with Crippen molar-refractivity contribution in [1.29, 1.82) is 0 Å². The Kier molecular flexibility index (Phi) is 6.08. The molecular weight excluding hydrogens is 327 g/mol. The van der Waals surface area contributed by atoms with Crippen molar-refractivity contribution < 1.29 is 14.7 Å². The standard InChI is InChI=1S/C15H18Cl2N2O3/c1-22-18-14(10-2-3-12(16)13(17)8-10)4-5-15(21)19-7-6-11(20)9-19/h2-4,8,11,18,20H,5-7,9H2,1H3/b14-4-. The summed E-state index contributed by atoms with van der Waals surface area (Å²) in [6, 6.07) is 5.17. The maximum atomic E-state index is 12.1. The van der Waals surface area contributed by atoms with E-state index in [1.54, 1.807) is 29.2 Å². The monoisotopic (exact) mass is 344 g/mol. The number of carbonyl (C=O) groups excluding carboxylic acids is 1. The molecule has 0 aromatic heterocycles. The van der Waals surface area contributed by atoms with E-state index in [1.807, 2.05) is 0 Å². The Bertz CT molecular complexity index is 578. The van der Waals surface area contributed by atoms with Gasteiger partial charge in [-0.25, -0.2) is 0 Å². The quantitative estimate of drug-likeness (QED) is 0.805. The molecule has 1 aromatic carbocycles. The van der Waals surface area contributed by atoms with E-state index >= 15 is 0 Å². The summed E-state index contributed by atoms with van der Waals surface area (Å²) < 4.78 is 0. The van der Waals surface area contributed by atoms with Gasteiger partial charge >= 0.3 is 0 Å². The third-order valence-electron chi connectivity index (χ3n) is 3.44. The number of aliphatic hydroxyl groups excluding tert-OH is 1. The Morgan fingerprint density at radius 1 is 1.50 bits per heavy atom. The summed E-state index contributed by atoms with van der Waals surface area (Å²) >= 11 is 11.9. The first-order valence-corrected chi connectivity index (χ1v) is 7.67. The number of halogens is 2. The fourth-order valence-electron chi connectivity index (χ4n) is 2.28. The molecule has 2 N–H and O–H groups in total. The van der Waals surface area contributed by atoms with E-state index in [9.17, 15) is 9.90 Å². The molecule has 0 aliphatic carbocycles. The zero-order valence-corrected chi connectivity index (χ0v) is 13.7. The zero-order valence-electron chi connectivity index (χ0n) is 12.2. The number of hydrogen-bond donors (Lipinski definition) is 2. The van der Waals surface area contributed by atoms with Crippen LogP contribution in [0.5, 0.6) is 0 Å². The van der Waals surface area contributed by atoms with Crippen LogP contribution in [0.4, 0.5) is 0 Å². The van der Waals surface area contributed by atoms with Crippen LogP contribution in [0.1, 0.15) is 18.4 Å². The second-order valence-electron chi connectivity index (χ2n) is 5.04. The summed E-state index contributed by atoms with van der Waals surface area (Å²) in [4.78, 5) is 18.7. The molecule has 1 fully saturated rings. The molecule has 0 spiro atoms. The van der Waals surface area contributed by atoms with Crippen molar-refractivity contribution in [2.45, 2.75) is 18.9 Å². The van der Waals surface area contributed by atoms with E-state index in [1.165, 1.54) is 7.11 Å². The largest absolute Gasteiger partial charge is 0.391 e. The number of likely N-dealkylation sites (tertiary alicyclic amines) is 1. The molecule has 5 nitrogen and oxygen atoms in total. The molecule has 1 heterocycles. The van der Waals surface area contributed by atoms with E-state index < -0.39 is 6.10 Å². The summed E-state index contributed by atoms with van der Waals surface area (Å²) in [6.07, 6.45) is 2.15. The fraction of sp³-hybridized carbons (Fsp3) is 0.400. The van der Waals surface area contributed by atoms with Gasteiger partial charge in [0.25, 0.3) is 0 Å². The molecule has 1 aliphatic rings. The van der Waals surface area contributed by atoms with E-state index in [0.29, 0.717) is 35.3 Å². The van der Waals surface area contributed by atoms with Crippen molar-refractivity contribution in [3.05, 3.63) is 39.9 Å². The zero-order chi connectivity index (χ0) is 16.1. The predicted octanol–water partition coefficient (Wildman–Crippen LogP) is 2.47. The molecule has 7 heteroatoms. The normalized spacial score (nSPS) is 18.6. The van der Waals surface area contributed by atoms with Gasteiger partial charge in [0, 0.05) is 25.1 Å². The van der Waals surface area contributed by atoms with Gasteiger partial charge in [0.05, 0.1) is 29.0 Å². The number of amides is 1. The number of β-amino-alcohol motifs (C(OH)–C–C–N with tert-alkyl or cyclic N) is 1. The number of rotatable bonds is 5. The molecular formula is C15H18Cl2N2O3. The van der Waals surface area contributed by atoms with Crippen LogP contribution in [-0.4, -0.2) is 42.2 Å². The van der Waals surface area contributed by atoms with Crippen LogP contribution in [0.2, 0.25) is 10.0 Å². The number of hydrogen-bond acceptors (Lipinski definition) is 4. The highest BCUT2D eigenvalue weighted by atomic mass is 35.5. The van der Waals surface area contributed by atoms with E-state index in [0.717, 1.165) is 5.56 Å². The molecule has 1 unspecified atom stereocenters. The minimum Gasteiger partial charge on any atom is -0.391 e. The third kappa shape index (κ3) is 4.36. The molecule has 0 bridgehead atoms. The lowest BCUT2D eigenvalue weighted by Crippen LogP contribution is -2.29. The van der Waals surface area contributed by atoms with E-state index in [2.05, 4.69) is 5.48 Å². The van der Waals surface area contributed by atoms with Crippen LogP contribution in [-0.2, 0) is 9.63 Å². The second-order valence-corrected chi connectivity index (χ2v) is 5.85. The van der Waals surface area contributed by atoms with Gasteiger partial charge in [0.2, 0.25) is 5.91 Å². The molecule has 0 saturated carbocycles. The van der Waals surface area contributed by atoms with Crippen LogP contribution in [0.3, 0.4) is 0 Å². The van der Waals surface area contributed by atoms with Gasteiger partial charge in [0.1, 0.15) is 0 Å².